The summed E-state index contributed by atoms with van der Waals surface area (Å²) in [6.07, 6.45) is 0. The quantitative estimate of drug-likeness (QED) is 0.732. The lowest BCUT2D eigenvalue weighted by Crippen LogP contribution is -2.19. The summed E-state index contributed by atoms with van der Waals surface area (Å²) in [6.45, 7) is 5.80. The molecule has 0 aliphatic carbocycles. The highest BCUT2D eigenvalue weighted by Gasteiger charge is 2.14. The molecule has 0 atom stereocenters. The zero-order valence-corrected chi connectivity index (χ0v) is 13.5. The maximum Gasteiger partial charge on any atom is 0.280 e. The minimum absolute atomic E-state index is 0.0814. The van der Waals surface area contributed by atoms with Crippen LogP contribution in [0.2, 0.25) is 0 Å². The highest BCUT2D eigenvalue weighted by Crippen LogP contribution is 2.15. The monoisotopic (exact) mass is 305 g/mol. The van der Waals surface area contributed by atoms with E-state index in [0.29, 0.717) is 11.3 Å². The van der Waals surface area contributed by atoms with Crippen LogP contribution in [0.5, 0.6) is 0 Å². The van der Waals surface area contributed by atoms with Crippen LogP contribution in [0.15, 0.2) is 64.4 Å². The van der Waals surface area contributed by atoms with Crippen molar-refractivity contribution in [3.8, 4) is 5.69 Å². The average Bonchev–Trinajstić information content (AvgIpc) is 2.85. The van der Waals surface area contributed by atoms with E-state index < -0.39 is 0 Å². The summed E-state index contributed by atoms with van der Waals surface area (Å²) in [7, 11) is 0. The predicted octanol–water partition coefficient (Wildman–Crippen LogP) is 3.92. The molecule has 23 heavy (non-hydrogen) atoms. The summed E-state index contributed by atoms with van der Waals surface area (Å²) in [5.41, 5.74) is 4.91. The van der Waals surface area contributed by atoms with Gasteiger partial charge >= 0.3 is 0 Å². The molecule has 1 heterocycles. The van der Waals surface area contributed by atoms with Gasteiger partial charge in [0.15, 0.2) is 0 Å². The molecule has 116 valence electrons. The molecule has 3 rings (SSSR count). The molecular formula is C19H19N3O. The van der Waals surface area contributed by atoms with Gasteiger partial charge in [0.2, 0.25) is 0 Å². The van der Waals surface area contributed by atoms with Crippen molar-refractivity contribution in [2.75, 3.05) is 0 Å². The summed E-state index contributed by atoms with van der Waals surface area (Å²) in [5, 5.41) is 3.13. The van der Waals surface area contributed by atoms with Gasteiger partial charge in [0.1, 0.15) is 0 Å². The molecule has 0 spiro atoms. The molecule has 0 saturated heterocycles. The number of aliphatic imine (C=N–C) groups is 1. The fourth-order valence-electron chi connectivity index (χ4n) is 2.60. The Morgan fingerprint density at radius 1 is 1.00 bits per heavy atom. The molecule has 4 nitrogen and oxygen atoms in total. The minimum Gasteiger partial charge on any atom is -0.295 e. The standard InChI is InChI=1S/C19H19N3O/c1-13-9-11-16(12-10-13)20-14(2)18-15(3)21-22(19(18)23)17-7-5-4-6-8-17/h4-12,21H,1-3H3. The normalized spacial score (nSPS) is 11.7. The summed E-state index contributed by atoms with van der Waals surface area (Å²) < 4.78 is 1.55. The Balaban J connectivity index is 2.05. The zero-order chi connectivity index (χ0) is 16.4. The van der Waals surface area contributed by atoms with E-state index in [9.17, 15) is 4.79 Å². The van der Waals surface area contributed by atoms with Gasteiger partial charge in [-0.05, 0) is 45.0 Å². The first-order valence-corrected chi connectivity index (χ1v) is 7.55. The maximum absolute atomic E-state index is 12.7. The van der Waals surface area contributed by atoms with Crippen LogP contribution < -0.4 is 5.56 Å². The van der Waals surface area contributed by atoms with Crippen molar-refractivity contribution in [3.05, 3.63) is 81.8 Å². The highest BCUT2D eigenvalue weighted by atomic mass is 16.1. The van der Waals surface area contributed by atoms with E-state index >= 15 is 0 Å². The molecule has 0 fully saturated rings. The Bertz CT molecular complexity index is 900. The van der Waals surface area contributed by atoms with E-state index in [1.165, 1.54) is 5.56 Å². The molecule has 0 saturated carbocycles. The summed E-state index contributed by atoms with van der Waals surface area (Å²) in [5.74, 6) is 0. The van der Waals surface area contributed by atoms with Crippen LogP contribution in [-0.4, -0.2) is 15.5 Å². The van der Waals surface area contributed by atoms with E-state index in [0.717, 1.165) is 17.1 Å². The molecule has 0 aliphatic heterocycles. The Kier molecular flexibility index (Phi) is 3.98. The number of para-hydroxylation sites is 1. The second kappa shape index (κ2) is 6.08. The molecular weight excluding hydrogens is 286 g/mol. The smallest absolute Gasteiger partial charge is 0.280 e. The Hall–Kier alpha value is -2.88. The van der Waals surface area contributed by atoms with Crippen molar-refractivity contribution in [1.82, 2.24) is 9.78 Å². The van der Waals surface area contributed by atoms with Gasteiger partial charge in [0.05, 0.1) is 22.6 Å². The molecule has 0 bridgehead atoms. The number of nitrogens with one attached hydrogen (secondary N) is 1. The number of aryl methyl sites for hydroxylation is 2. The van der Waals surface area contributed by atoms with E-state index in [1.54, 1.807) is 4.68 Å². The predicted molar refractivity (Wildman–Crippen MR) is 94.2 cm³/mol. The number of nitrogens with zero attached hydrogens (tertiary/aromatic N) is 2. The third-order valence-corrected chi connectivity index (χ3v) is 3.78. The van der Waals surface area contributed by atoms with Gasteiger partial charge in [-0.1, -0.05) is 35.9 Å². The highest BCUT2D eigenvalue weighted by molar-refractivity contribution is 6.00. The van der Waals surface area contributed by atoms with Gasteiger partial charge in [0.25, 0.3) is 5.56 Å². The van der Waals surface area contributed by atoms with Gasteiger partial charge in [0, 0.05) is 5.69 Å². The van der Waals surface area contributed by atoms with Gasteiger partial charge in [-0.3, -0.25) is 14.9 Å². The van der Waals surface area contributed by atoms with Gasteiger partial charge in [-0.2, -0.15) is 0 Å². The summed E-state index contributed by atoms with van der Waals surface area (Å²) in [6, 6.07) is 17.5. The van der Waals surface area contributed by atoms with Crippen LogP contribution in [0.3, 0.4) is 0 Å². The van der Waals surface area contributed by atoms with Gasteiger partial charge in [-0.15, -0.1) is 0 Å². The number of H-pyrrole nitrogens is 1. The van der Waals surface area contributed by atoms with Crippen LogP contribution in [-0.2, 0) is 0 Å². The van der Waals surface area contributed by atoms with Crippen LogP contribution in [0.25, 0.3) is 5.69 Å². The summed E-state index contributed by atoms with van der Waals surface area (Å²) in [4.78, 5) is 17.3. The molecule has 0 radical (unpaired) electrons. The number of rotatable bonds is 3. The van der Waals surface area contributed by atoms with Crippen molar-refractivity contribution in [3.63, 3.8) is 0 Å². The minimum atomic E-state index is -0.0814. The first-order valence-electron chi connectivity index (χ1n) is 7.55. The van der Waals surface area contributed by atoms with Crippen LogP contribution in [0.4, 0.5) is 5.69 Å². The number of benzene rings is 2. The molecule has 0 aliphatic rings. The largest absolute Gasteiger partial charge is 0.295 e. The second-order valence-electron chi connectivity index (χ2n) is 5.62. The van der Waals surface area contributed by atoms with Crippen LogP contribution in [0.1, 0.15) is 23.7 Å². The average molecular weight is 305 g/mol. The Morgan fingerprint density at radius 2 is 1.65 bits per heavy atom. The SMILES string of the molecule is CC(=Nc1ccc(C)cc1)c1c(C)[nH]n(-c2ccccc2)c1=O. The van der Waals surface area contributed by atoms with Crippen LogP contribution in [0, 0.1) is 13.8 Å². The number of aromatic nitrogens is 2. The number of hydrogen-bond donors (Lipinski definition) is 1. The fraction of sp³-hybridized carbons (Fsp3) is 0.158. The Labute approximate surface area is 135 Å². The Morgan fingerprint density at radius 3 is 2.30 bits per heavy atom. The van der Waals surface area contributed by atoms with Crippen molar-refractivity contribution in [2.45, 2.75) is 20.8 Å². The maximum atomic E-state index is 12.7. The summed E-state index contributed by atoms with van der Waals surface area (Å²) >= 11 is 0. The lowest BCUT2D eigenvalue weighted by atomic mass is 10.1. The van der Waals surface area contributed by atoms with Crippen molar-refractivity contribution >= 4 is 11.4 Å². The fourth-order valence-corrected chi connectivity index (χ4v) is 2.60. The molecule has 3 aromatic rings. The lowest BCUT2D eigenvalue weighted by molar-refractivity contribution is 0.835. The third-order valence-electron chi connectivity index (χ3n) is 3.78. The van der Waals surface area contributed by atoms with Gasteiger partial charge < -0.3 is 0 Å². The molecule has 0 unspecified atom stereocenters. The molecule has 0 amide bonds. The van der Waals surface area contributed by atoms with E-state index in [2.05, 4.69) is 10.1 Å². The third kappa shape index (κ3) is 3.01. The van der Waals surface area contributed by atoms with E-state index in [4.69, 9.17) is 0 Å². The molecule has 2 aromatic carbocycles. The first-order chi connectivity index (χ1) is 11.1. The molecule has 4 heteroatoms. The topological polar surface area (TPSA) is 50.1 Å². The van der Waals surface area contributed by atoms with E-state index in [-0.39, 0.29) is 5.56 Å². The van der Waals surface area contributed by atoms with Crippen molar-refractivity contribution < 1.29 is 0 Å². The second-order valence-corrected chi connectivity index (χ2v) is 5.62. The first kappa shape index (κ1) is 15.0. The van der Waals surface area contributed by atoms with Crippen molar-refractivity contribution in [2.24, 2.45) is 4.99 Å². The zero-order valence-electron chi connectivity index (χ0n) is 13.5. The number of aromatic amines is 1. The number of hydrogen-bond acceptors (Lipinski definition) is 2. The molecule has 1 aromatic heterocycles. The lowest BCUT2D eigenvalue weighted by Gasteiger charge is -2.00. The van der Waals surface area contributed by atoms with E-state index in [1.807, 2.05) is 75.4 Å². The molecule has 1 N–H and O–H groups in total. The van der Waals surface area contributed by atoms with Crippen LogP contribution >= 0.6 is 0 Å². The van der Waals surface area contributed by atoms with Gasteiger partial charge in [-0.25, -0.2) is 4.68 Å². The van der Waals surface area contributed by atoms with Crippen molar-refractivity contribution in [1.29, 1.82) is 0 Å².